The Labute approximate surface area is 181 Å². The predicted octanol–water partition coefficient (Wildman–Crippen LogP) is 6.04. The lowest BCUT2D eigenvalue weighted by Crippen LogP contribution is -1.96. The molecule has 0 spiro atoms. The Hall–Kier alpha value is -3.92. The zero-order valence-electron chi connectivity index (χ0n) is 17.6. The summed E-state index contributed by atoms with van der Waals surface area (Å²) in [6.07, 6.45) is 5.54. The molecule has 0 aliphatic carbocycles. The molecule has 0 aliphatic heterocycles. The Morgan fingerprint density at radius 3 is 2.35 bits per heavy atom. The molecule has 1 aromatic heterocycles. The number of benzene rings is 3. The van der Waals surface area contributed by atoms with E-state index in [9.17, 15) is 4.79 Å². The third kappa shape index (κ3) is 4.33. The molecule has 4 rings (SSSR count). The lowest BCUT2D eigenvalue weighted by molar-refractivity contribution is -0.131. The summed E-state index contributed by atoms with van der Waals surface area (Å²) in [5.41, 5.74) is 7.81. The summed E-state index contributed by atoms with van der Waals surface area (Å²) < 4.78 is 1.88. The smallest absolute Gasteiger partial charge is 0.328 e. The van der Waals surface area contributed by atoms with Gasteiger partial charge >= 0.3 is 5.97 Å². The lowest BCUT2D eigenvalue weighted by Gasteiger charge is -2.17. The van der Waals surface area contributed by atoms with Crippen LogP contribution in [0.5, 0.6) is 0 Å². The Morgan fingerprint density at radius 1 is 0.968 bits per heavy atom. The van der Waals surface area contributed by atoms with Crippen LogP contribution in [0.3, 0.4) is 0 Å². The summed E-state index contributed by atoms with van der Waals surface area (Å²) in [7, 11) is 1.95. The number of carboxylic acids is 1. The first-order valence-corrected chi connectivity index (χ1v) is 10.3. The molecule has 154 valence electrons. The highest BCUT2D eigenvalue weighted by molar-refractivity contribution is 6.00. The Balaban J connectivity index is 1.90. The monoisotopic (exact) mass is 408 g/mol. The van der Waals surface area contributed by atoms with Crippen LogP contribution in [-0.4, -0.2) is 20.9 Å². The van der Waals surface area contributed by atoms with Gasteiger partial charge in [-0.05, 0) is 58.0 Å². The summed E-state index contributed by atoms with van der Waals surface area (Å²) in [6, 6.07) is 24.9. The maximum atomic E-state index is 10.8. The van der Waals surface area contributed by atoms with E-state index in [0.29, 0.717) is 0 Å². The average Bonchev–Trinajstić information content (AvgIpc) is 3.17. The number of aromatic nitrogens is 2. The van der Waals surface area contributed by atoms with E-state index in [0.717, 1.165) is 40.1 Å². The van der Waals surface area contributed by atoms with E-state index in [1.54, 1.807) is 6.08 Å². The molecule has 4 heteroatoms. The van der Waals surface area contributed by atoms with Crippen molar-refractivity contribution in [2.75, 3.05) is 0 Å². The summed E-state index contributed by atoms with van der Waals surface area (Å²) in [4.78, 5) is 10.8. The zero-order chi connectivity index (χ0) is 21.8. The van der Waals surface area contributed by atoms with Crippen LogP contribution in [0.25, 0.3) is 28.1 Å². The minimum absolute atomic E-state index is 0.853. The number of hydrogen-bond donors (Lipinski definition) is 1. The Kier molecular flexibility index (Phi) is 5.80. The van der Waals surface area contributed by atoms with Gasteiger partial charge in [-0.15, -0.1) is 0 Å². The highest BCUT2D eigenvalue weighted by atomic mass is 16.4. The lowest BCUT2D eigenvalue weighted by atomic mass is 9.87. The molecular weight excluding hydrogens is 384 g/mol. The molecule has 1 heterocycles. The first-order valence-electron chi connectivity index (χ1n) is 10.3. The summed E-state index contributed by atoms with van der Waals surface area (Å²) in [6.45, 7) is 2.18. The number of hydrogen-bond acceptors (Lipinski definition) is 2. The van der Waals surface area contributed by atoms with Crippen molar-refractivity contribution in [2.45, 2.75) is 13.3 Å². The molecule has 0 bridgehead atoms. The van der Waals surface area contributed by atoms with Gasteiger partial charge in [0.2, 0.25) is 0 Å². The quantitative estimate of drug-likeness (QED) is 0.313. The molecule has 1 N–H and O–H groups in total. The number of aliphatic carboxylic acids is 1. The fourth-order valence-corrected chi connectivity index (χ4v) is 3.93. The van der Waals surface area contributed by atoms with Crippen molar-refractivity contribution in [2.24, 2.45) is 7.05 Å². The van der Waals surface area contributed by atoms with Crippen molar-refractivity contribution in [1.82, 2.24) is 9.78 Å². The molecule has 0 unspecified atom stereocenters. The van der Waals surface area contributed by atoms with E-state index in [-0.39, 0.29) is 0 Å². The van der Waals surface area contributed by atoms with E-state index < -0.39 is 5.97 Å². The number of rotatable bonds is 6. The third-order valence-electron chi connectivity index (χ3n) is 5.43. The van der Waals surface area contributed by atoms with Crippen molar-refractivity contribution in [3.63, 3.8) is 0 Å². The van der Waals surface area contributed by atoms with E-state index in [2.05, 4.69) is 66.6 Å². The number of carboxylic acid groups (broad SMARTS) is 1. The topological polar surface area (TPSA) is 55.1 Å². The van der Waals surface area contributed by atoms with Crippen molar-refractivity contribution in [1.29, 1.82) is 0 Å². The van der Waals surface area contributed by atoms with Gasteiger partial charge in [0.15, 0.2) is 0 Å². The molecule has 4 nitrogen and oxygen atoms in total. The molecule has 0 atom stereocenters. The van der Waals surface area contributed by atoms with E-state index in [1.165, 1.54) is 16.7 Å². The number of aryl methyl sites for hydroxylation is 1. The van der Waals surface area contributed by atoms with Crippen molar-refractivity contribution in [3.05, 3.63) is 107 Å². The van der Waals surface area contributed by atoms with Crippen molar-refractivity contribution >= 4 is 34.1 Å². The van der Waals surface area contributed by atoms with Crippen molar-refractivity contribution < 1.29 is 9.90 Å². The molecule has 0 saturated heterocycles. The van der Waals surface area contributed by atoms with Crippen LogP contribution in [0.2, 0.25) is 0 Å². The molecular formula is C27H24N2O2. The van der Waals surface area contributed by atoms with Gasteiger partial charge in [0.25, 0.3) is 0 Å². The van der Waals surface area contributed by atoms with Gasteiger partial charge in [-0.1, -0.05) is 67.6 Å². The van der Waals surface area contributed by atoms with Gasteiger partial charge in [0, 0.05) is 18.5 Å². The van der Waals surface area contributed by atoms with Gasteiger partial charge in [0.05, 0.1) is 11.7 Å². The van der Waals surface area contributed by atoms with Crippen LogP contribution in [0.1, 0.15) is 35.6 Å². The SMILES string of the molecule is CC/C(=C(/c1ccc(/C=C/C(=O)O)cc1)c1ccc2c(cnn2C)c1)c1ccccc1. The number of carbonyl (C=O) groups is 1. The first-order chi connectivity index (χ1) is 15.1. The first kappa shape index (κ1) is 20.4. The van der Waals surface area contributed by atoms with Gasteiger partial charge in [-0.2, -0.15) is 5.10 Å². The fourth-order valence-electron chi connectivity index (χ4n) is 3.93. The molecule has 4 aromatic rings. The molecule has 0 aliphatic rings. The standard InChI is InChI=1S/C27H24N2O2/c1-3-24(20-7-5-4-6-8-20)27(21-12-9-19(10-13-21)11-16-26(30)31)22-14-15-25-23(17-22)18-28-29(25)2/h4-18H,3H2,1-2H3,(H,30,31)/b16-11+,27-24+. The maximum Gasteiger partial charge on any atom is 0.328 e. The van der Waals surface area contributed by atoms with Gasteiger partial charge in [0.1, 0.15) is 0 Å². The van der Waals surface area contributed by atoms with Crippen LogP contribution in [-0.2, 0) is 11.8 Å². The number of allylic oxidation sites excluding steroid dienone is 1. The van der Waals surface area contributed by atoms with Crippen LogP contribution in [0.4, 0.5) is 0 Å². The van der Waals surface area contributed by atoms with Crippen LogP contribution in [0.15, 0.2) is 85.1 Å². The van der Waals surface area contributed by atoms with Gasteiger partial charge in [-0.3, -0.25) is 4.68 Å². The number of fused-ring (bicyclic) bond motifs is 1. The maximum absolute atomic E-state index is 10.8. The average molecular weight is 409 g/mol. The second-order valence-electron chi connectivity index (χ2n) is 7.41. The normalized spacial score (nSPS) is 12.3. The number of nitrogens with zero attached hydrogens (tertiary/aromatic N) is 2. The minimum atomic E-state index is -0.952. The highest BCUT2D eigenvalue weighted by Crippen LogP contribution is 2.35. The van der Waals surface area contributed by atoms with Crippen LogP contribution in [0, 0.1) is 0 Å². The fraction of sp³-hybridized carbons (Fsp3) is 0.111. The van der Waals surface area contributed by atoms with Crippen LogP contribution >= 0.6 is 0 Å². The second kappa shape index (κ2) is 8.84. The minimum Gasteiger partial charge on any atom is -0.478 e. The summed E-state index contributed by atoms with van der Waals surface area (Å²) in [5.74, 6) is -0.952. The largest absolute Gasteiger partial charge is 0.478 e. The van der Waals surface area contributed by atoms with Crippen molar-refractivity contribution in [3.8, 4) is 0 Å². The Bertz CT molecular complexity index is 1280. The molecule has 0 radical (unpaired) electrons. The third-order valence-corrected chi connectivity index (χ3v) is 5.43. The summed E-state index contributed by atoms with van der Waals surface area (Å²) >= 11 is 0. The van der Waals surface area contributed by atoms with Gasteiger partial charge in [-0.25, -0.2) is 4.79 Å². The Morgan fingerprint density at radius 2 is 1.68 bits per heavy atom. The van der Waals surface area contributed by atoms with Crippen LogP contribution < -0.4 is 0 Å². The summed E-state index contributed by atoms with van der Waals surface area (Å²) in [5, 5.41) is 14.4. The molecule has 31 heavy (non-hydrogen) atoms. The van der Waals surface area contributed by atoms with E-state index in [1.807, 2.05) is 36.1 Å². The van der Waals surface area contributed by atoms with Gasteiger partial charge < -0.3 is 5.11 Å². The highest BCUT2D eigenvalue weighted by Gasteiger charge is 2.14. The van der Waals surface area contributed by atoms with E-state index >= 15 is 0 Å². The second-order valence-corrected chi connectivity index (χ2v) is 7.41. The predicted molar refractivity (Wildman–Crippen MR) is 126 cm³/mol. The molecule has 0 saturated carbocycles. The molecule has 3 aromatic carbocycles. The zero-order valence-corrected chi connectivity index (χ0v) is 17.6. The molecule has 0 amide bonds. The molecule has 0 fully saturated rings. The van der Waals surface area contributed by atoms with E-state index in [4.69, 9.17) is 5.11 Å².